The fourth-order valence-corrected chi connectivity index (χ4v) is 19.2. The van der Waals surface area contributed by atoms with Crippen LogP contribution in [0.5, 0.6) is 0 Å². The highest BCUT2D eigenvalue weighted by atomic mass is 35.5. The average Bonchev–Trinajstić information content (AvgIpc) is 1.53. The molecule has 0 spiro atoms. The summed E-state index contributed by atoms with van der Waals surface area (Å²) >= 11 is 6.07. The monoisotopic (exact) mass is 1430 g/mol. The summed E-state index contributed by atoms with van der Waals surface area (Å²) in [6.07, 6.45) is 11.4. The number of anilines is 2. The maximum Gasteiger partial charge on any atom is 0.242 e. The Morgan fingerprint density at radius 3 is 1.24 bits per heavy atom. The number of piperazine rings is 2. The molecule has 17 rings (SSSR count). The van der Waals surface area contributed by atoms with Gasteiger partial charge in [-0.05, 0) is 174 Å². The van der Waals surface area contributed by atoms with Gasteiger partial charge in [-0.1, -0.05) is 59.7 Å². The van der Waals surface area contributed by atoms with E-state index in [2.05, 4.69) is 97.4 Å². The van der Waals surface area contributed by atoms with E-state index in [1.165, 1.54) is 54.6 Å². The third kappa shape index (κ3) is 10.6. The summed E-state index contributed by atoms with van der Waals surface area (Å²) in [6.45, 7) is 15.6. The zero-order valence-electron chi connectivity index (χ0n) is 56.9. The third-order valence-corrected chi connectivity index (χ3v) is 24.8. The zero-order chi connectivity index (χ0) is 71.8. The van der Waals surface area contributed by atoms with Crippen LogP contribution in [0.1, 0.15) is 149 Å². The molecule has 6 aromatic heterocycles. The lowest BCUT2D eigenvalue weighted by Gasteiger charge is -2.38. The van der Waals surface area contributed by atoms with Crippen LogP contribution in [-0.4, -0.2) is 143 Å². The molecule has 2 amide bonds. The van der Waals surface area contributed by atoms with Gasteiger partial charge in [0, 0.05) is 57.6 Å². The van der Waals surface area contributed by atoms with Crippen molar-refractivity contribution >= 4 is 45.1 Å². The van der Waals surface area contributed by atoms with Crippen LogP contribution in [0.2, 0.25) is 5.28 Å². The van der Waals surface area contributed by atoms with Gasteiger partial charge in [-0.15, -0.1) is 15.3 Å². The van der Waals surface area contributed by atoms with E-state index in [9.17, 15) is 44.3 Å². The van der Waals surface area contributed by atoms with Gasteiger partial charge in [-0.25, -0.2) is 64.7 Å². The van der Waals surface area contributed by atoms with Crippen LogP contribution in [0.25, 0.3) is 33.8 Å². The van der Waals surface area contributed by atoms with E-state index >= 15 is 0 Å². The number of rotatable bonds is 11. The molecule has 3 aromatic carbocycles. The topological polar surface area (TPSA) is 245 Å². The SMILES string of the molecule is CC1(C)[C@H]2CC[C@]1(c1ccnc(Cl)n1)c1nnc(-c3c(F)cccc3F)cc12.CC1(C)[C@H]2CC[C@]1(c1ccnc(N3CCN(CCS(C)(=O)=O)C(=O)C3)n1)c1nnc(-c3c(F)cccc3F)cc12.CC1(C)[C@H]2CC[C@]1(c1ccnc(N3CCNC(=O)C3)n1)c1nnc(-c3c(F)cccc3F)cc12. The molecule has 9 aromatic rings. The maximum atomic E-state index is 14.6. The van der Waals surface area contributed by atoms with Crippen LogP contribution in [0, 0.1) is 51.1 Å². The molecule has 6 bridgehead atoms. The highest BCUT2D eigenvalue weighted by molar-refractivity contribution is 7.90. The molecule has 6 aliphatic carbocycles. The molecule has 2 aliphatic heterocycles. The Kier molecular flexibility index (Phi) is 16.7. The van der Waals surface area contributed by atoms with E-state index in [1.54, 1.807) is 41.7 Å². The Labute approximate surface area is 589 Å². The van der Waals surface area contributed by atoms with Gasteiger partial charge in [0.15, 0.2) is 0 Å². The summed E-state index contributed by atoms with van der Waals surface area (Å²) in [4.78, 5) is 57.2. The largest absolute Gasteiger partial charge is 0.353 e. The van der Waals surface area contributed by atoms with E-state index in [4.69, 9.17) is 21.6 Å². The number of benzene rings is 3. The van der Waals surface area contributed by atoms with E-state index < -0.39 is 61.0 Å². The van der Waals surface area contributed by atoms with Crippen LogP contribution < -0.4 is 15.1 Å². The number of amides is 2. The van der Waals surface area contributed by atoms with Crippen molar-refractivity contribution in [2.24, 2.45) is 16.2 Å². The third-order valence-electron chi connectivity index (χ3n) is 23.7. The number of carbonyl (C=O) groups is 2. The number of hydrogen-bond acceptors (Lipinski definition) is 18. The molecular weight excluding hydrogens is 1360 g/mol. The molecule has 6 atom stereocenters. The molecule has 20 nitrogen and oxygen atoms in total. The Hall–Kier alpha value is -9.50. The van der Waals surface area contributed by atoms with Gasteiger partial charge < -0.3 is 20.0 Å². The molecule has 8 aliphatic rings. The summed E-state index contributed by atoms with van der Waals surface area (Å²) in [5.41, 5.74) is 5.59. The van der Waals surface area contributed by atoms with Gasteiger partial charge in [0.05, 0.1) is 103 Å². The molecule has 526 valence electrons. The minimum absolute atomic E-state index is 0.0512. The number of aromatic nitrogens is 12. The molecule has 3 saturated carbocycles. The average molecular weight is 1430 g/mol. The van der Waals surface area contributed by atoms with Crippen molar-refractivity contribution in [2.75, 3.05) is 67.6 Å². The number of nitrogens with one attached hydrogen (secondary N) is 1. The van der Waals surface area contributed by atoms with Crippen molar-refractivity contribution in [3.05, 3.63) is 201 Å². The van der Waals surface area contributed by atoms with E-state index in [0.717, 1.165) is 95.6 Å². The minimum Gasteiger partial charge on any atom is -0.353 e. The van der Waals surface area contributed by atoms with Crippen molar-refractivity contribution in [3.8, 4) is 33.8 Å². The van der Waals surface area contributed by atoms with Crippen LogP contribution in [0.3, 0.4) is 0 Å². The van der Waals surface area contributed by atoms with Crippen molar-refractivity contribution in [1.82, 2.24) is 70.7 Å². The first kappa shape index (κ1) is 68.3. The molecule has 0 unspecified atom stereocenters. The van der Waals surface area contributed by atoms with Crippen molar-refractivity contribution in [3.63, 3.8) is 0 Å². The van der Waals surface area contributed by atoms with Gasteiger partial charge in [0.1, 0.15) is 44.7 Å². The predicted octanol–water partition coefficient (Wildman–Crippen LogP) is 11.5. The molecule has 1 N–H and O–H groups in total. The van der Waals surface area contributed by atoms with Gasteiger partial charge in [-0.2, -0.15) is 15.3 Å². The standard InChI is InChI=1S/C28H30F2N6O3S.C25H24F2N6O.C21H17ClF2N4/c1-27(2)18-7-9-28(27,25-17(18)15-21(33-34-25)24-19(29)5-4-6-20(24)30)22-8-10-31-26(32-22)36-12-11-35(23(37)16-36)13-14-40(3,38)39;1-24(2)15-6-8-25(24,19-7-9-29-23(30-19)33-11-10-28-20(34)13-33)22-14(15)12-18(31-32-22)21-16(26)4-3-5-17(21)27;1-20(2)12-6-8-21(20,16-7-9-25-19(22)26-16)18-11(12)10-15(27-28-18)17-13(23)4-3-5-14(17)24/h4-6,8,10,15,18H,7,9,11-14,16H2,1-3H3;3-5,7,9,12,15H,6,8,10-11,13H2,1-2H3,(H,28,34);3-5,7,9-10,12H,6,8H2,1-2H3/t18-,28-;15-,25-;12-,21-/m000/s1. The van der Waals surface area contributed by atoms with Gasteiger partial charge in [0.2, 0.25) is 29.0 Å². The number of hydrogen-bond donors (Lipinski definition) is 1. The summed E-state index contributed by atoms with van der Waals surface area (Å²) < 4.78 is 110. The number of halogens is 7. The zero-order valence-corrected chi connectivity index (χ0v) is 58.5. The predicted molar refractivity (Wildman–Crippen MR) is 367 cm³/mol. The second-order valence-corrected chi connectivity index (χ2v) is 32.0. The number of nitrogens with zero attached hydrogens (tertiary/aromatic N) is 15. The number of sulfone groups is 1. The van der Waals surface area contributed by atoms with Gasteiger partial charge >= 0.3 is 0 Å². The minimum atomic E-state index is -3.17. The number of carbonyl (C=O) groups excluding carboxylic acids is 2. The van der Waals surface area contributed by atoms with Crippen molar-refractivity contribution in [1.29, 1.82) is 0 Å². The fraction of sp³-hybridized carbons (Fsp3) is 0.405. The van der Waals surface area contributed by atoms with E-state index in [0.29, 0.717) is 38.1 Å². The first-order chi connectivity index (χ1) is 48.6. The Morgan fingerprint density at radius 2 is 0.873 bits per heavy atom. The highest BCUT2D eigenvalue weighted by Gasteiger charge is 2.68. The van der Waals surface area contributed by atoms with Crippen LogP contribution in [-0.2, 0) is 35.7 Å². The van der Waals surface area contributed by atoms with Gasteiger partial charge in [0.25, 0.3) is 0 Å². The van der Waals surface area contributed by atoms with E-state index in [1.807, 2.05) is 28.0 Å². The molecule has 0 radical (unpaired) electrons. The second kappa shape index (κ2) is 24.9. The maximum absolute atomic E-state index is 14.6. The molecule has 102 heavy (non-hydrogen) atoms. The summed E-state index contributed by atoms with van der Waals surface area (Å²) in [7, 11) is -3.17. The quantitative estimate of drug-likeness (QED) is 0.0934. The summed E-state index contributed by atoms with van der Waals surface area (Å²) in [5.74, 6) is -2.86. The van der Waals surface area contributed by atoms with Crippen molar-refractivity contribution in [2.45, 2.75) is 114 Å². The normalized spacial score (nSPS) is 24.2. The Bertz CT molecular complexity index is 5000. The Balaban J connectivity index is 0.000000126. The first-order valence-electron chi connectivity index (χ1n) is 34.0. The molecular formula is C74H71ClF6N16O4S. The molecule has 5 fully saturated rings. The lowest BCUT2D eigenvalue weighted by atomic mass is 9.66. The molecule has 2 saturated heterocycles. The van der Waals surface area contributed by atoms with E-state index in [-0.39, 0.29) is 110 Å². The second-order valence-electron chi connectivity index (χ2n) is 29.4. The Morgan fingerprint density at radius 1 is 0.500 bits per heavy atom. The molecule has 8 heterocycles. The molecule has 28 heteroatoms. The lowest BCUT2D eigenvalue weighted by molar-refractivity contribution is -0.130. The van der Waals surface area contributed by atoms with Crippen LogP contribution >= 0.6 is 11.6 Å². The van der Waals surface area contributed by atoms with Crippen LogP contribution in [0.4, 0.5) is 38.2 Å². The van der Waals surface area contributed by atoms with Gasteiger partial charge in [-0.3, -0.25) is 9.59 Å². The van der Waals surface area contributed by atoms with Crippen molar-refractivity contribution < 1.29 is 44.3 Å². The summed E-state index contributed by atoms with van der Waals surface area (Å²) in [5, 5.41) is 29.4. The fourth-order valence-electron chi connectivity index (χ4n) is 18.5. The lowest BCUT2D eigenvalue weighted by Crippen LogP contribution is -2.52. The highest BCUT2D eigenvalue weighted by Crippen LogP contribution is 2.72. The van der Waals surface area contributed by atoms with Crippen LogP contribution in [0.15, 0.2) is 110 Å². The summed E-state index contributed by atoms with van der Waals surface area (Å²) in [6, 6.07) is 22.4. The number of fused-ring (bicyclic) bond motifs is 15. The smallest absolute Gasteiger partial charge is 0.242 e. The first-order valence-corrected chi connectivity index (χ1v) is 36.4.